The summed E-state index contributed by atoms with van der Waals surface area (Å²) >= 11 is 3.28. The molecule has 0 radical (unpaired) electrons. The number of carbonyl (C=O) groups is 1. The Kier molecular flexibility index (Phi) is 4.04. The monoisotopic (exact) mass is 306 g/mol. The van der Waals surface area contributed by atoms with E-state index in [1.165, 1.54) is 0 Å². The Labute approximate surface area is 113 Å². The van der Waals surface area contributed by atoms with Crippen LogP contribution in [0.1, 0.15) is 17.0 Å². The SMILES string of the molecule is O=C(O)Cc1ccc(Cc2ncc(Br)cn2)cc1. The average Bonchev–Trinajstić information content (AvgIpc) is 2.34. The molecule has 1 heterocycles. The number of aromatic nitrogens is 2. The molecule has 0 fully saturated rings. The quantitative estimate of drug-likeness (QED) is 0.942. The first-order valence-electron chi connectivity index (χ1n) is 5.39. The zero-order valence-electron chi connectivity index (χ0n) is 9.51. The minimum atomic E-state index is -0.820. The van der Waals surface area contributed by atoms with Gasteiger partial charge in [0.05, 0.1) is 10.9 Å². The summed E-state index contributed by atoms with van der Waals surface area (Å²) in [6, 6.07) is 7.46. The summed E-state index contributed by atoms with van der Waals surface area (Å²) in [6.07, 6.45) is 4.11. The van der Waals surface area contributed by atoms with Crippen molar-refractivity contribution in [3.63, 3.8) is 0 Å². The van der Waals surface area contributed by atoms with Gasteiger partial charge in [-0.1, -0.05) is 24.3 Å². The van der Waals surface area contributed by atoms with Crippen molar-refractivity contribution in [1.29, 1.82) is 0 Å². The van der Waals surface area contributed by atoms with E-state index in [2.05, 4.69) is 25.9 Å². The predicted molar refractivity (Wildman–Crippen MR) is 70.3 cm³/mol. The molecule has 1 N–H and O–H groups in total. The Morgan fingerprint density at radius 1 is 1.11 bits per heavy atom. The van der Waals surface area contributed by atoms with Crippen molar-refractivity contribution in [2.45, 2.75) is 12.8 Å². The molecule has 5 heteroatoms. The third-order valence-electron chi connectivity index (χ3n) is 2.41. The van der Waals surface area contributed by atoms with Crippen LogP contribution in [0.2, 0.25) is 0 Å². The molecule has 0 unspecified atom stereocenters. The number of halogens is 1. The van der Waals surface area contributed by atoms with Crippen LogP contribution >= 0.6 is 15.9 Å². The van der Waals surface area contributed by atoms with Crippen LogP contribution in [0.15, 0.2) is 41.1 Å². The molecule has 4 nitrogen and oxygen atoms in total. The van der Waals surface area contributed by atoms with Crippen molar-refractivity contribution in [3.8, 4) is 0 Å². The van der Waals surface area contributed by atoms with Crippen LogP contribution in [-0.2, 0) is 17.6 Å². The molecule has 0 spiro atoms. The van der Waals surface area contributed by atoms with Crippen LogP contribution < -0.4 is 0 Å². The maximum Gasteiger partial charge on any atom is 0.307 e. The number of carboxylic acids is 1. The Morgan fingerprint density at radius 2 is 1.67 bits per heavy atom. The molecule has 0 aliphatic heterocycles. The molecule has 1 aromatic carbocycles. The fourth-order valence-electron chi connectivity index (χ4n) is 1.56. The minimum Gasteiger partial charge on any atom is -0.481 e. The normalized spacial score (nSPS) is 10.3. The van der Waals surface area contributed by atoms with Crippen LogP contribution in [0.4, 0.5) is 0 Å². The number of benzene rings is 1. The van der Waals surface area contributed by atoms with Gasteiger partial charge < -0.3 is 5.11 Å². The van der Waals surface area contributed by atoms with Gasteiger partial charge in [0.2, 0.25) is 0 Å². The van der Waals surface area contributed by atoms with Crippen molar-refractivity contribution < 1.29 is 9.90 Å². The maximum absolute atomic E-state index is 10.6. The van der Waals surface area contributed by atoms with Crippen molar-refractivity contribution >= 4 is 21.9 Å². The largest absolute Gasteiger partial charge is 0.481 e. The van der Waals surface area contributed by atoms with Crippen LogP contribution in [-0.4, -0.2) is 21.0 Å². The van der Waals surface area contributed by atoms with E-state index in [4.69, 9.17) is 5.11 Å². The first-order valence-corrected chi connectivity index (χ1v) is 6.19. The number of hydrogen-bond acceptors (Lipinski definition) is 3. The molecule has 18 heavy (non-hydrogen) atoms. The number of carboxylic acid groups (broad SMARTS) is 1. The van der Waals surface area contributed by atoms with Gasteiger partial charge in [-0.3, -0.25) is 4.79 Å². The molecule has 0 atom stereocenters. The number of nitrogens with zero attached hydrogens (tertiary/aromatic N) is 2. The summed E-state index contributed by atoms with van der Waals surface area (Å²) in [4.78, 5) is 18.9. The van der Waals surface area contributed by atoms with Gasteiger partial charge >= 0.3 is 5.97 Å². The van der Waals surface area contributed by atoms with Gasteiger partial charge in [0.15, 0.2) is 0 Å². The predicted octanol–water partition coefficient (Wildman–Crippen LogP) is 2.46. The smallest absolute Gasteiger partial charge is 0.307 e. The van der Waals surface area contributed by atoms with E-state index in [-0.39, 0.29) is 6.42 Å². The van der Waals surface area contributed by atoms with Crippen molar-refractivity contribution in [2.75, 3.05) is 0 Å². The molecule has 0 saturated carbocycles. The second-order valence-corrected chi connectivity index (χ2v) is 4.80. The molecule has 0 aliphatic rings. The molecular weight excluding hydrogens is 296 g/mol. The van der Waals surface area contributed by atoms with Gasteiger partial charge in [-0.2, -0.15) is 0 Å². The lowest BCUT2D eigenvalue weighted by molar-refractivity contribution is -0.136. The van der Waals surface area contributed by atoms with E-state index in [1.54, 1.807) is 12.4 Å². The lowest BCUT2D eigenvalue weighted by Gasteiger charge is -2.02. The number of aliphatic carboxylic acids is 1. The van der Waals surface area contributed by atoms with Crippen LogP contribution in [0.5, 0.6) is 0 Å². The Hall–Kier alpha value is -1.75. The number of hydrogen-bond donors (Lipinski definition) is 1. The highest BCUT2D eigenvalue weighted by Crippen LogP contribution is 2.10. The van der Waals surface area contributed by atoms with Gasteiger partial charge in [-0.05, 0) is 27.1 Å². The molecule has 0 aliphatic carbocycles. The summed E-state index contributed by atoms with van der Waals surface area (Å²) in [5.41, 5.74) is 1.86. The van der Waals surface area contributed by atoms with Gasteiger partial charge in [-0.15, -0.1) is 0 Å². The maximum atomic E-state index is 10.6. The molecule has 2 aromatic rings. The highest BCUT2D eigenvalue weighted by molar-refractivity contribution is 9.10. The van der Waals surface area contributed by atoms with E-state index in [1.807, 2.05) is 24.3 Å². The minimum absolute atomic E-state index is 0.0507. The second-order valence-electron chi connectivity index (χ2n) is 3.88. The highest BCUT2D eigenvalue weighted by atomic mass is 79.9. The molecule has 92 valence electrons. The summed E-state index contributed by atoms with van der Waals surface area (Å²) in [5.74, 6) is -0.0804. The molecule has 1 aromatic heterocycles. The van der Waals surface area contributed by atoms with E-state index in [0.717, 1.165) is 21.4 Å². The van der Waals surface area contributed by atoms with Gasteiger partial charge in [-0.25, -0.2) is 9.97 Å². The molecule has 2 rings (SSSR count). The van der Waals surface area contributed by atoms with Crippen molar-refractivity contribution in [3.05, 3.63) is 58.1 Å². The zero-order valence-corrected chi connectivity index (χ0v) is 11.1. The van der Waals surface area contributed by atoms with Gasteiger partial charge in [0.25, 0.3) is 0 Å². The standard InChI is InChI=1S/C13H11BrN2O2/c14-11-7-15-12(16-8-11)5-9-1-3-10(4-2-9)6-13(17)18/h1-4,7-8H,5-6H2,(H,17,18). The molecule has 0 saturated heterocycles. The molecule has 0 amide bonds. The lowest BCUT2D eigenvalue weighted by Crippen LogP contribution is -2.00. The fourth-order valence-corrected chi connectivity index (χ4v) is 1.77. The second kappa shape index (κ2) is 5.73. The number of rotatable bonds is 4. The first-order chi connectivity index (χ1) is 8.63. The third kappa shape index (κ3) is 3.63. The first kappa shape index (κ1) is 12.7. The van der Waals surface area contributed by atoms with E-state index in [0.29, 0.717) is 6.42 Å². The van der Waals surface area contributed by atoms with Crippen LogP contribution in [0, 0.1) is 0 Å². The summed E-state index contributed by atoms with van der Waals surface area (Å²) in [7, 11) is 0. The van der Waals surface area contributed by atoms with Crippen molar-refractivity contribution in [1.82, 2.24) is 9.97 Å². The van der Waals surface area contributed by atoms with Gasteiger partial charge in [0.1, 0.15) is 5.82 Å². The van der Waals surface area contributed by atoms with E-state index < -0.39 is 5.97 Å². The van der Waals surface area contributed by atoms with Gasteiger partial charge in [0, 0.05) is 18.8 Å². The lowest BCUT2D eigenvalue weighted by atomic mass is 10.1. The Bertz CT molecular complexity index is 538. The Balaban J connectivity index is 2.06. The summed E-state index contributed by atoms with van der Waals surface area (Å²) in [6.45, 7) is 0. The molecular formula is C13H11BrN2O2. The molecule has 0 bridgehead atoms. The zero-order chi connectivity index (χ0) is 13.0. The van der Waals surface area contributed by atoms with Crippen LogP contribution in [0.3, 0.4) is 0 Å². The summed E-state index contributed by atoms with van der Waals surface area (Å²) < 4.78 is 0.850. The fraction of sp³-hybridized carbons (Fsp3) is 0.154. The summed E-state index contributed by atoms with van der Waals surface area (Å²) in [5, 5.41) is 8.67. The van der Waals surface area contributed by atoms with E-state index in [9.17, 15) is 4.79 Å². The third-order valence-corrected chi connectivity index (χ3v) is 2.82. The van der Waals surface area contributed by atoms with Crippen LogP contribution in [0.25, 0.3) is 0 Å². The topological polar surface area (TPSA) is 63.1 Å². The Morgan fingerprint density at radius 3 is 2.22 bits per heavy atom. The average molecular weight is 307 g/mol. The van der Waals surface area contributed by atoms with Crippen molar-refractivity contribution in [2.24, 2.45) is 0 Å². The van der Waals surface area contributed by atoms with E-state index >= 15 is 0 Å². The highest BCUT2D eigenvalue weighted by Gasteiger charge is 2.02.